The van der Waals surface area contributed by atoms with Crippen molar-refractivity contribution in [3.63, 3.8) is 0 Å². The van der Waals surface area contributed by atoms with Gasteiger partial charge in [0.05, 0.1) is 17.8 Å². The maximum Gasteiger partial charge on any atom is 0.239 e. The molecule has 2 atom stereocenters. The van der Waals surface area contributed by atoms with Gasteiger partial charge < -0.3 is 5.32 Å². The molecule has 2 heterocycles. The number of carbonyl (C=O) groups excluding carboxylic acids is 1. The zero-order valence-electron chi connectivity index (χ0n) is 13.2. The molecule has 1 amide bonds. The third kappa shape index (κ3) is 3.19. The summed E-state index contributed by atoms with van der Waals surface area (Å²) in [4.78, 5) is 14.9. The minimum atomic E-state index is -0.249. The zero-order valence-corrected chi connectivity index (χ0v) is 15.6. The first kappa shape index (κ1) is 16.6. The number of fused-ring (bicyclic) bond motifs is 1. The maximum absolute atomic E-state index is 13.2. The summed E-state index contributed by atoms with van der Waals surface area (Å²) >= 11 is 13.0. The number of benzene rings is 2. The first-order valence-corrected chi connectivity index (χ1v) is 9.63. The third-order valence-electron chi connectivity index (χ3n) is 4.38. The van der Waals surface area contributed by atoms with Gasteiger partial charge >= 0.3 is 0 Å². The summed E-state index contributed by atoms with van der Waals surface area (Å²) in [7, 11) is 0. The minimum Gasteiger partial charge on any atom is -0.349 e. The van der Waals surface area contributed by atoms with Gasteiger partial charge in [-0.3, -0.25) is 9.69 Å². The van der Waals surface area contributed by atoms with Gasteiger partial charge in [0.1, 0.15) is 0 Å². The Balaban J connectivity index is 1.61. The van der Waals surface area contributed by atoms with Crippen molar-refractivity contribution >= 4 is 52.2 Å². The van der Waals surface area contributed by atoms with Crippen molar-refractivity contribution in [1.29, 1.82) is 0 Å². The molecule has 1 fully saturated rings. The van der Waals surface area contributed by atoms with Crippen molar-refractivity contribution in [3.05, 3.63) is 76.2 Å². The van der Waals surface area contributed by atoms with Crippen LogP contribution in [-0.4, -0.2) is 21.3 Å². The predicted molar refractivity (Wildman–Crippen MR) is 107 cm³/mol. The maximum atomic E-state index is 13.2. The topological polar surface area (TPSA) is 32.3 Å². The second kappa shape index (κ2) is 6.83. The zero-order chi connectivity index (χ0) is 17.4. The average Bonchev–Trinajstić information content (AvgIpc) is 3.04. The van der Waals surface area contributed by atoms with Crippen LogP contribution in [0.15, 0.2) is 60.0 Å². The number of nitrogens with zero attached hydrogens (tertiary/aromatic N) is 1. The van der Waals surface area contributed by atoms with Gasteiger partial charge in [0.15, 0.2) is 5.11 Å². The number of rotatable bonds is 3. The fourth-order valence-electron chi connectivity index (χ4n) is 3.11. The molecule has 2 aromatic rings. The fraction of sp³-hybridized carbons (Fsp3) is 0.158. The summed E-state index contributed by atoms with van der Waals surface area (Å²) < 4.78 is 0. The molecule has 0 aromatic heterocycles. The Morgan fingerprint density at radius 2 is 1.84 bits per heavy atom. The van der Waals surface area contributed by atoms with E-state index in [0.29, 0.717) is 16.7 Å². The van der Waals surface area contributed by atoms with Gasteiger partial charge in [-0.25, -0.2) is 0 Å². The highest BCUT2D eigenvalue weighted by Gasteiger charge is 2.44. The number of hydrogen-bond acceptors (Lipinski definition) is 3. The molecule has 0 aliphatic carbocycles. The highest BCUT2D eigenvalue weighted by molar-refractivity contribution is 8.03. The number of nitrogens with one attached hydrogen (secondary N) is 1. The average molecular weight is 387 g/mol. The molecule has 2 aromatic carbocycles. The van der Waals surface area contributed by atoms with Crippen molar-refractivity contribution in [3.8, 4) is 0 Å². The van der Waals surface area contributed by atoms with Crippen LogP contribution >= 0.6 is 35.6 Å². The summed E-state index contributed by atoms with van der Waals surface area (Å²) in [5.74, 6) is -0.203. The van der Waals surface area contributed by atoms with E-state index >= 15 is 0 Å². The predicted octanol–water partition coefficient (Wildman–Crippen LogP) is 4.29. The second-order valence-corrected chi connectivity index (χ2v) is 7.81. The standard InChI is InChI=1S/C19H15ClN2OS2/c20-14-8-6-13(7-9-14)15-11-25-17-16(15)18(23)22(19(24)21-17)10-12-4-2-1-3-5-12/h1-9,11,16-17H,10H2,(H,21,24). The van der Waals surface area contributed by atoms with Crippen LogP contribution in [0.3, 0.4) is 0 Å². The van der Waals surface area contributed by atoms with Crippen LogP contribution in [-0.2, 0) is 11.3 Å². The highest BCUT2D eigenvalue weighted by atomic mass is 35.5. The normalized spacial score (nSPS) is 22.4. The van der Waals surface area contributed by atoms with Gasteiger partial charge in [0.25, 0.3) is 0 Å². The molecule has 6 heteroatoms. The Morgan fingerprint density at radius 3 is 2.56 bits per heavy atom. The van der Waals surface area contributed by atoms with Gasteiger partial charge in [-0.15, -0.1) is 11.8 Å². The SMILES string of the molecule is O=C1C2C(c3ccc(Cl)cc3)=CSC2NC(=S)N1Cc1ccccc1. The molecule has 1 N–H and O–H groups in total. The lowest BCUT2D eigenvalue weighted by atomic mass is 9.91. The van der Waals surface area contributed by atoms with Crippen LogP contribution in [0.1, 0.15) is 11.1 Å². The monoisotopic (exact) mass is 386 g/mol. The number of hydrogen-bond donors (Lipinski definition) is 1. The minimum absolute atomic E-state index is 0.0438. The number of halogens is 1. The number of thioether (sulfide) groups is 1. The molecule has 0 bridgehead atoms. The Kier molecular flexibility index (Phi) is 4.54. The van der Waals surface area contributed by atoms with Crippen molar-refractivity contribution in [2.75, 3.05) is 0 Å². The summed E-state index contributed by atoms with van der Waals surface area (Å²) in [6.45, 7) is 0.479. The largest absolute Gasteiger partial charge is 0.349 e. The van der Waals surface area contributed by atoms with Gasteiger partial charge in [-0.05, 0) is 46.5 Å². The van der Waals surface area contributed by atoms with Crippen LogP contribution in [0.2, 0.25) is 5.02 Å². The molecule has 0 saturated carbocycles. The van der Waals surface area contributed by atoms with E-state index in [1.165, 1.54) is 0 Å². The summed E-state index contributed by atoms with van der Waals surface area (Å²) in [5.41, 5.74) is 3.10. The molecule has 4 rings (SSSR count). The van der Waals surface area contributed by atoms with E-state index in [2.05, 4.69) is 10.7 Å². The van der Waals surface area contributed by atoms with Crippen LogP contribution in [0.5, 0.6) is 0 Å². The lowest BCUT2D eigenvalue weighted by Crippen LogP contribution is -2.57. The van der Waals surface area contributed by atoms with E-state index in [0.717, 1.165) is 16.7 Å². The van der Waals surface area contributed by atoms with Crippen LogP contribution in [0.4, 0.5) is 0 Å². The quantitative estimate of drug-likeness (QED) is 0.798. The van der Waals surface area contributed by atoms with Gasteiger partial charge in [0.2, 0.25) is 5.91 Å². The Bertz CT molecular complexity index is 851. The van der Waals surface area contributed by atoms with Gasteiger partial charge in [-0.1, -0.05) is 54.1 Å². The molecule has 2 unspecified atom stereocenters. The van der Waals surface area contributed by atoms with Gasteiger partial charge in [-0.2, -0.15) is 0 Å². The second-order valence-electron chi connectivity index (χ2n) is 5.97. The van der Waals surface area contributed by atoms with E-state index in [9.17, 15) is 4.79 Å². The molecule has 2 aliphatic heterocycles. The summed E-state index contributed by atoms with van der Waals surface area (Å²) in [5, 5.41) is 6.50. The molecule has 3 nitrogen and oxygen atoms in total. The fourth-order valence-corrected chi connectivity index (χ4v) is 4.77. The molecule has 0 radical (unpaired) electrons. The number of amides is 1. The Morgan fingerprint density at radius 1 is 1.12 bits per heavy atom. The van der Waals surface area contributed by atoms with E-state index < -0.39 is 0 Å². The van der Waals surface area contributed by atoms with E-state index in [1.807, 2.05) is 54.6 Å². The molecule has 1 saturated heterocycles. The third-order valence-corrected chi connectivity index (χ3v) is 6.05. The molecule has 2 aliphatic rings. The first-order chi connectivity index (χ1) is 12.1. The van der Waals surface area contributed by atoms with Crippen LogP contribution in [0.25, 0.3) is 5.57 Å². The van der Waals surface area contributed by atoms with Crippen molar-refractivity contribution in [2.45, 2.75) is 11.9 Å². The van der Waals surface area contributed by atoms with Crippen molar-refractivity contribution in [1.82, 2.24) is 10.2 Å². The van der Waals surface area contributed by atoms with Crippen molar-refractivity contribution in [2.24, 2.45) is 5.92 Å². The lowest BCUT2D eigenvalue weighted by Gasteiger charge is -2.37. The smallest absolute Gasteiger partial charge is 0.239 e. The Hall–Kier alpha value is -1.82. The lowest BCUT2D eigenvalue weighted by molar-refractivity contribution is -0.131. The van der Waals surface area contributed by atoms with E-state index in [-0.39, 0.29) is 17.2 Å². The molecule has 25 heavy (non-hydrogen) atoms. The summed E-state index contributed by atoms with van der Waals surface area (Å²) in [6.07, 6.45) is 0. The molecular weight excluding hydrogens is 372 g/mol. The Labute approximate surface area is 161 Å². The van der Waals surface area contributed by atoms with Gasteiger partial charge in [0, 0.05) is 5.02 Å². The van der Waals surface area contributed by atoms with E-state index in [1.54, 1.807) is 16.7 Å². The highest BCUT2D eigenvalue weighted by Crippen LogP contribution is 2.43. The number of carbonyl (C=O) groups is 1. The number of thiocarbonyl (C=S) groups is 1. The summed E-state index contributed by atoms with van der Waals surface area (Å²) in [6, 6.07) is 17.5. The molecular formula is C19H15ClN2OS2. The first-order valence-electron chi connectivity index (χ1n) is 7.91. The van der Waals surface area contributed by atoms with E-state index in [4.69, 9.17) is 23.8 Å². The van der Waals surface area contributed by atoms with Crippen LogP contribution in [0, 0.1) is 5.92 Å². The van der Waals surface area contributed by atoms with Crippen molar-refractivity contribution < 1.29 is 4.79 Å². The van der Waals surface area contributed by atoms with Crippen LogP contribution < -0.4 is 5.32 Å². The molecule has 126 valence electrons. The molecule has 0 spiro atoms.